The molecule has 0 unspecified atom stereocenters. The van der Waals surface area contributed by atoms with Gasteiger partial charge in [-0.1, -0.05) is 42.5 Å². The van der Waals surface area contributed by atoms with Crippen LogP contribution >= 0.6 is 0 Å². The third-order valence-corrected chi connectivity index (χ3v) is 5.88. The van der Waals surface area contributed by atoms with Gasteiger partial charge in [-0.2, -0.15) is 0 Å². The minimum atomic E-state index is -0.225. The second kappa shape index (κ2) is 7.44. The van der Waals surface area contributed by atoms with E-state index < -0.39 is 0 Å². The van der Waals surface area contributed by atoms with Crippen LogP contribution in [0.5, 0.6) is 0 Å². The van der Waals surface area contributed by atoms with Crippen LogP contribution in [0, 0.1) is 0 Å². The zero-order valence-electron chi connectivity index (χ0n) is 16.6. The van der Waals surface area contributed by atoms with E-state index in [1.54, 1.807) is 4.90 Å². The number of nitrogens with zero attached hydrogens (tertiary/aromatic N) is 2. The molecule has 5 rings (SSSR count). The number of carbonyl (C=O) groups excluding carboxylic acids is 3. The van der Waals surface area contributed by atoms with Crippen molar-refractivity contribution in [3.63, 3.8) is 0 Å². The second-order valence-electron chi connectivity index (χ2n) is 8.06. The standard InChI is InChI=1S/C24H23N3O3/c28-21(25-18-10-8-17(9-11-18)16-5-2-1-3-6-16)15-26-14-4-7-20-22(26)24(30)27(23(20)29)19-12-13-19/h1-3,5-6,8-11,19H,4,7,12-15H2,(H,25,28). The van der Waals surface area contributed by atoms with Crippen molar-refractivity contribution in [1.82, 2.24) is 9.80 Å². The van der Waals surface area contributed by atoms with E-state index in [1.165, 1.54) is 4.90 Å². The highest BCUT2D eigenvalue weighted by Crippen LogP contribution is 2.38. The molecule has 3 amide bonds. The van der Waals surface area contributed by atoms with Crippen LogP contribution in [-0.2, 0) is 14.4 Å². The molecule has 1 fully saturated rings. The van der Waals surface area contributed by atoms with Crippen molar-refractivity contribution >= 4 is 23.4 Å². The molecular formula is C24H23N3O3. The molecule has 0 saturated heterocycles. The van der Waals surface area contributed by atoms with E-state index in [2.05, 4.69) is 5.32 Å². The van der Waals surface area contributed by atoms with Crippen LogP contribution in [-0.4, -0.2) is 46.7 Å². The quantitative estimate of drug-likeness (QED) is 0.782. The summed E-state index contributed by atoms with van der Waals surface area (Å²) >= 11 is 0. The van der Waals surface area contributed by atoms with E-state index in [9.17, 15) is 14.4 Å². The monoisotopic (exact) mass is 401 g/mol. The number of hydrogen-bond donors (Lipinski definition) is 1. The van der Waals surface area contributed by atoms with E-state index in [-0.39, 0.29) is 30.3 Å². The van der Waals surface area contributed by atoms with E-state index in [4.69, 9.17) is 0 Å². The number of benzene rings is 2. The predicted molar refractivity (Wildman–Crippen MR) is 113 cm³/mol. The maximum absolute atomic E-state index is 12.8. The Bertz CT molecular complexity index is 1040. The van der Waals surface area contributed by atoms with Gasteiger partial charge in [0.05, 0.1) is 6.54 Å². The molecule has 152 valence electrons. The maximum Gasteiger partial charge on any atom is 0.277 e. The Labute approximate surface area is 175 Å². The van der Waals surface area contributed by atoms with Crippen LogP contribution in [0.25, 0.3) is 11.1 Å². The van der Waals surface area contributed by atoms with E-state index in [1.807, 2.05) is 54.6 Å². The first-order valence-corrected chi connectivity index (χ1v) is 10.4. The summed E-state index contributed by atoms with van der Waals surface area (Å²) in [6.45, 7) is 0.674. The molecule has 1 aliphatic carbocycles. The Morgan fingerprint density at radius 1 is 0.933 bits per heavy atom. The van der Waals surface area contributed by atoms with Gasteiger partial charge in [-0.15, -0.1) is 0 Å². The van der Waals surface area contributed by atoms with Crippen molar-refractivity contribution in [3.8, 4) is 11.1 Å². The highest BCUT2D eigenvalue weighted by atomic mass is 16.2. The molecule has 0 radical (unpaired) electrons. The third-order valence-electron chi connectivity index (χ3n) is 5.88. The minimum absolute atomic E-state index is 0.0504. The lowest BCUT2D eigenvalue weighted by Crippen LogP contribution is -2.40. The lowest BCUT2D eigenvalue weighted by atomic mass is 10.0. The first kappa shape index (κ1) is 18.6. The fourth-order valence-corrected chi connectivity index (χ4v) is 4.27. The summed E-state index contributed by atoms with van der Waals surface area (Å²) in [6.07, 6.45) is 3.16. The Hall–Kier alpha value is -3.41. The van der Waals surface area contributed by atoms with Crippen molar-refractivity contribution in [2.45, 2.75) is 31.7 Å². The summed E-state index contributed by atoms with van der Waals surface area (Å²) in [4.78, 5) is 41.3. The van der Waals surface area contributed by atoms with E-state index >= 15 is 0 Å². The number of anilines is 1. The van der Waals surface area contributed by atoms with Crippen LogP contribution in [0.3, 0.4) is 0 Å². The average Bonchev–Trinajstić information content (AvgIpc) is 3.56. The molecule has 1 saturated carbocycles. The van der Waals surface area contributed by atoms with Crippen molar-refractivity contribution in [2.24, 2.45) is 0 Å². The average molecular weight is 401 g/mol. The number of carbonyl (C=O) groups is 3. The second-order valence-corrected chi connectivity index (χ2v) is 8.06. The SMILES string of the molecule is O=C(CN1CCCC2=C1C(=O)N(C1CC1)C2=O)Nc1ccc(-c2ccccc2)cc1. The van der Waals surface area contributed by atoms with Crippen LogP contribution in [0.1, 0.15) is 25.7 Å². The summed E-state index contributed by atoms with van der Waals surface area (Å²) in [5.41, 5.74) is 3.92. The highest BCUT2D eigenvalue weighted by molar-refractivity contribution is 6.19. The lowest BCUT2D eigenvalue weighted by Gasteiger charge is -2.28. The number of hydrogen-bond acceptors (Lipinski definition) is 4. The molecule has 3 aliphatic rings. The molecule has 6 heteroatoms. The fourth-order valence-electron chi connectivity index (χ4n) is 4.27. The topological polar surface area (TPSA) is 69.7 Å². The van der Waals surface area contributed by atoms with Crippen LogP contribution in [0.15, 0.2) is 65.9 Å². The smallest absolute Gasteiger partial charge is 0.277 e. The molecule has 2 aromatic rings. The Morgan fingerprint density at radius 3 is 2.33 bits per heavy atom. The molecule has 0 bridgehead atoms. The van der Waals surface area contributed by atoms with Gasteiger partial charge in [-0.25, -0.2) is 0 Å². The molecule has 2 aliphatic heterocycles. The normalized spacial score (nSPS) is 18.7. The van der Waals surface area contributed by atoms with Gasteiger partial charge in [0.15, 0.2) is 0 Å². The van der Waals surface area contributed by atoms with Crippen molar-refractivity contribution in [3.05, 3.63) is 65.9 Å². The van der Waals surface area contributed by atoms with Gasteiger partial charge in [-0.3, -0.25) is 19.3 Å². The molecule has 0 atom stereocenters. The van der Waals surface area contributed by atoms with Gasteiger partial charge in [0.25, 0.3) is 11.8 Å². The first-order valence-electron chi connectivity index (χ1n) is 10.4. The minimum Gasteiger partial charge on any atom is -0.357 e. The zero-order chi connectivity index (χ0) is 20.7. The molecule has 2 aromatic carbocycles. The molecule has 0 aromatic heterocycles. The van der Waals surface area contributed by atoms with Gasteiger partial charge in [0.1, 0.15) is 5.70 Å². The Morgan fingerprint density at radius 2 is 1.63 bits per heavy atom. The number of amides is 3. The van der Waals surface area contributed by atoms with Gasteiger partial charge in [0.2, 0.25) is 5.91 Å². The third kappa shape index (κ3) is 3.38. The molecule has 2 heterocycles. The van der Waals surface area contributed by atoms with Crippen LogP contribution in [0.2, 0.25) is 0 Å². The lowest BCUT2D eigenvalue weighted by molar-refractivity contribution is -0.138. The summed E-state index contributed by atoms with van der Waals surface area (Å²) in [5, 5.41) is 2.91. The van der Waals surface area contributed by atoms with Crippen molar-refractivity contribution in [1.29, 1.82) is 0 Å². The number of imide groups is 1. The maximum atomic E-state index is 12.8. The largest absolute Gasteiger partial charge is 0.357 e. The summed E-state index contributed by atoms with van der Waals surface area (Å²) in [6, 6.07) is 17.8. The molecule has 0 spiro atoms. The van der Waals surface area contributed by atoms with Gasteiger partial charge in [0, 0.05) is 23.8 Å². The van der Waals surface area contributed by atoms with Gasteiger partial charge in [-0.05, 0) is 48.9 Å². The van der Waals surface area contributed by atoms with Crippen molar-refractivity contribution < 1.29 is 14.4 Å². The first-order chi connectivity index (χ1) is 14.6. The molecular weight excluding hydrogens is 378 g/mol. The van der Waals surface area contributed by atoms with E-state index in [0.29, 0.717) is 29.9 Å². The van der Waals surface area contributed by atoms with E-state index in [0.717, 1.165) is 30.4 Å². The fraction of sp³-hybridized carbons (Fsp3) is 0.292. The van der Waals surface area contributed by atoms with Crippen LogP contribution in [0.4, 0.5) is 5.69 Å². The number of nitrogens with one attached hydrogen (secondary N) is 1. The zero-order valence-corrected chi connectivity index (χ0v) is 16.6. The predicted octanol–water partition coefficient (Wildman–Crippen LogP) is 3.17. The summed E-state index contributed by atoms with van der Waals surface area (Å²) in [5.74, 6) is -0.572. The van der Waals surface area contributed by atoms with Crippen LogP contribution < -0.4 is 5.32 Å². The van der Waals surface area contributed by atoms with Gasteiger partial charge >= 0.3 is 0 Å². The highest BCUT2D eigenvalue weighted by Gasteiger charge is 2.48. The summed E-state index contributed by atoms with van der Waals surface area (Å²) in [7, 11) is 0. The Kier molecular flexibility index (Phi) is 4.62. The van der Waals surface area contributed by atoms with Gasteiger partial charge < -0.3 is 10.2 Å². The summed E-state index contributed by atoms with van der Waals surface area (Å²) < 4.78 is 0. The molecule has 6 nitrogen and oxygen atoms in total. The Balaban J connectivity index is 1.26. The number of rotatable bonds is 5. The van der Waals surface area contributed by atoms with Crippen molar-refractivity contribution in [2.75, 3.05) is 18.4 Å². The molecule has 30 heavy (non-hydrogen) atoms. The molecule has 1 N–H and O–H groups in total.